The van der Waals surface area contributed by atoms with Crippen LogP contribution in [-0.4, -0.2) is 38.2 Å². The fraction of sp³-hybridized carbons (Fsp3) is 0.304. The number of anilines is 2. The predicted molar refractivity (Wildman–Crippen MR) is 117 cm³/mol. The molecule has 174 valence electrons. The SMILES string of the molecule is CC1=C(C(=O)Nc2cccc(C(F)(F)F)c2)[C@@H](c2ccc(N3CCOCC3)cc2)NC(=O)N1. The Morgan fingerprint density at radius 2 is 1.82 bits per heavy atom. The lowest BCUT2D eigenvalue weighted by Gasteiger charge is -2.31. The third kappa shape index (κ3) is 5.11. The van der Waals surface area contributed by atoms with E-state index in [1.165, 1.54) is 12.1 Å². The summed E-state index contributed by atoms with van der Waals surface area (Å²) < 4.78 is 44.4. The molecule has 0 aromatic heterocycles. The molecule has 1 fully saturated rings. The summed E-state index contributed by atoms with van der Waals surface area (Å²) in [5, 5.41) is 7.82. The number of urea groups is 1. The number of nitrogens with one attached hydrogen (secondary N) is 3. The number of nitrogens with zero attached hydrogens (tertiary/aromatic N) is 1. The number of hydrogen-bond donors (Lipinski definition) is 3. The van der Waals surface area contributed by atoms with Gasteiger partial charge in [-0.2, -0.15) is 13.2 Å². The molecule has 2 aromatic carbocycles. The Hall–Kier alpha value is -3.53. The van der Waals surface area contributed by atoms with E-state index in [-0.39, 0.29) is 11.3 Å². The zero-order valence-corrected chi connectivity index (χ0v) is 17.8. The second-order valence-corrected chi connectivity index (χ2v) is 7.79. The zero-order chi connectivity index (χ0) is 23.6. The predicted octanol–water partition coefficient (Wildman–Crippen LogP) is 3.81. The Labute approximate surface area is 188 Å². The van der Waals surface area contributed by atoms with Gasteiger partial charge in [0.25, 0.3) is 5.91 Å². The second-order valence-electron chi connectivity index (χ2n) is 7.79. The van der Waals surface area contributed by atoms with Crippen LogP contribution in [0.2, 0.25) is 0 Å². The van der Waals surface area contributed by atoms with E-state index in [1.807, 2.05) is 24.3 Å². The standard InChI is InChI=1S/C23H23F3N4O3/c1-14-19(21(31)28-17-4-2-3-16(13-17)23(24,25)26)20(29-22(32)27-14)15-5-7-18(8-6-15)30-9-11-33-12-10-30/h2-8,13,20H,9-12H2,1H3,(H,28,31)(H2,27,29,32)/t20-/m1/s1. The molecule has 2 aliphatic rings. The van der Waals surface area contributed by atoms with Crippen LogP contribution in [0.1, 0.15) is 24.1 Å². The number of carbonyl (C=O) groups excluding carboxylic acids is 2. The molecule has 3 N–H and O–H groups in total. The molecule has 0 radical (unpaired) electrons. The topological polar surface area (TPSA) is 82.7 Å². The van der Waals surface area contributed by atoms with E-state index in [9.17, 15) is 22.8 Å². The van der Waals surface area contributed by atoms with Gasteiger partial charge < -0.3 is 25.6 Å². The minimum absolute atomic E-state index is 0.00782. The number of alkyl halides is 3. The lowest BCUT2D eigenvalue weighted by Crippen LogP contribution is -2.46. The molecule has 0 saturated carbocycles. The number of halogens is 3. The van der Waals surface area contributed by atoms with Crippen LogP contribution in [0.5, 0.6) is 0 Å². The number of carbonyl (C=O) groups is 2. The van der Waals surface area contributed by atoms with Crippen molar-refractivity contribution in [3.8, 4) is 0 Å². The number of allylic oxidation sites excluding steroid dienone is 1. The minimum atomic E-state index is -4.53. The second kappa shape index (κ2) is 9.14. The summed E-state index contributed by atoms with van der Waals surface area (Å²) in [5.41, 5.74) is 1.36. The van der Waals surface area contributed by atoms with Gasteiger partial charge in [-0.05, 0) is 42.8 Å². The molecule has 33 heavy (non-hydrogen) atoms. The van der Waals surface area contributed by atoms with Gasteiger partial charge >= 0.3 is 12.2 Å². The van der Waals surface area contributed by atoms with Crippen molar-refractivity contribution in [3.63, 3.8) is 0 Å². The van der Waals surface area contributed by atoms with Crippen molar-refractivity contribution in [1.82, 2.24) is 10.6 Å². The van der Waals surface area contributed by atoms with Crippen molar-refractivity contribution in [2.75, 3.05) is 36.5 Å². The molecule has 2 aliphatic heterocycles. The highest BCUT2D eigenvalue weighted by Crippen LogP contribution is 2.32. The first kappa shape index (κ1) is 22.7. The van der Waals surface area contributed by atoms with Crippen LogP contribution in [0.3, 0.4) is 0 Å². The molecule has 4 rings (SSSR count). The lowest BCUT2D eigenvalue weighted by molar-refractivity contribution is -0.137. The molecule has 3 amide bonds. The highest BCUT2D eigenvalue weighted by Gasteiger charge is 2.33. The van der Waals surface area contributed by atoms with E-state index in [2.05, 4.69) is 20.9 Å². The number of amides is 3. The first-order valence-corrected chi connectivity index (χ1v) is 10.4. The summed E-state index contributed by atoms with van der Waals surface area (Å²) in [6.07, 6.45) is -4.53. The highest BCUT2D eigenvalue weighted by molar-refractivity contribution is 6.06. The van der Waals surface area contributed by atoms with Gasteiger partial charge in [-0.1, -0.05) is 18.2 Å². The number of benzene rings is 2. The van der Waals surface area contributed by atoms with Crippen molar-refractivity contribution in [3.05, 3.63) is 70.9 Å². The number of ether oxygens (including phenoxy) is 1. The fourth-order valence-corrected chi connectivity index (χ4v) is 3.92. The number of morpholine rings is 1. The molecule has 7 nitrogen and oxygen atoms in total. The van der Waals surface area contributed by atoms with Crippen LogP contribution in [0.25, 0.3) is 0 Å². The molecule has 1 atom stereocenters. The molecule has 0 bridgehead atoms. The summed E-state index contributed by atoms with van der Waals surface area (Å²) in [5.74, 6) is -0.610. The van der Waals surface area contributed by atoms with Crippen LogP contribution in [-0.2, 0) is 15.7 Å². The maximum Gasteiger partial charge on any atom is 0.416 e. The Morgan fingerprint density at radius 3 is 2.48 bits per heavy atom. The van der Waals surface area contributed by atoms with Crippen molar-refractivity contribution < 1.29 is 27.5 Å². The van der Waals surface area contributed by atoms with Gasteiger partial charge in [-0.15, -0.1) is 0 Å². The van der Waals surface area contributed by atoms with Gasteiger partial charge in [0.1, 0.15) is 0 Å². The molecule has 0 unspecified atom stereocenters. The smallest absolute Gasteiger partial charge is 0.378 e. The number of hydrogen-bond acceptors (Lipinski definition) is 4. The van der Waals surface area contributed by atoms with Crippen LogP contribution >= 0.6 is 0 Å². The van der Waals surface area contributed by atoms with E-state index in [1.54, 1.807) is 6.92 Å². The van der Waals surface area contributed by atoms with E-state index in [4.69, 9.17) is 4.74 Å². The summed E-state index contributed by atoms with van der Waals surface area (Å²) in [4.78, 5) is 27.4. The third-order valence-corrected chi connectivity index (χ3v) is 5.56. The molecule has 2 aromatic rings. The van der Waals surface area contributed by atoms with E-state index >= 15 is 0 Å². The van der Waals surface area contributed by atoms with E-state index in [0.717, 1.165) is 30.9 Å². The normalized spacial score (nSPS) is 19.1. The van der Waals surface area contributed by atoms with Crippen LogP contribution in [0.4, 0.5) is 29.3 Å². The molecular formula is C23H23F3N4O3. The first-order chi connectivity index (χ1) is 15.7. The Bertz CT molecular complexity index is 1080. The Balaban J connectivity index is 1.58. The molecule has 1 saturated heterocycles. The summed E-state index contributed by atoms with van der Waals surface area (Å²) in [7, 11) is 0. The minimum Gasteiger partial charge on any atom is -0.378 e. The van der Waals surface area contributed by atoms with Crippen molar-refractivity contribution in [1.29, 1.82) is 0 Å². The zero-order valence-electron chi connectivity index (χ0n) is 17.8. The quantitative estimate of drug-likeness (QED) is 0.648. The van der Waals surface area contributed by atoms with Crippen LogP contribution < -0.4 is 20.9 Å². The maximum absolute atomic E-state index is 13.1. The average molecular weight is 460 g/mol. The van der Waals surface area contributed by atoms with Crippen LogP contribution in [0, 0.1) is 0 Å². The Kier molecular flexibility index (Phi) is 6.28. The summed E-state index contributed by atoms with van der Waals surface area (Å²) in [6, 6.07) is 10.6. The average Bonchev–Trinajstić information content (AvgIpc) is 2.79. The lowest BCUT2D eigenvalue weighted by atomic mass is 9.94. The first-order valence-electron chi connectivity index (χ1n) is 10.4. The number of rotatable bonds is 4. The van der Waals surface area contributed by atoms with Crippen LogP contribution in [0.15, 0.2) is 59.8 Å². The molecular weight excluding hydrogens is 437 g/mol. The van der Waals surface area contributed by atoms with Crippen molar-refractivity contribution >= 4 is 23.3 Å². The fourth-order valence-electron chi connectivity index (χ4n) is 3.92. The largest absolute Gasteiger partial charge is 0.416 e. The maximum atomic E-state index is 13.1. The highest BCUT2D eigenvalue weighted by atomic mass is 19.4. The Morgan fingerprint density at radius 1 is 1.12 bits per heavy atom. The van der Waals surface area contributed by atoms with Crippen molar-refractivity contribution in [2.45, 2.75) is 19.1 Å². The molecule has 2 heterocycles. The van der Waals surface area contributed by atoms with Gasteiger partial charge in [0, 0.05) is 30.2 Å². The van der Waals surface area contributed by atoms with E-state index in [0.29, 0.717) is 24.5 Å². The molecule has 10 heteroatoms. The monoisotopic (exact) mass is 460 g/mol. The van der Waals surface area contributed by atoms with Gasteiger partial charge in [-0.25, -0.2) is 4.79 Å². The van der Waals surface area contributed by atoms with Gasteiger partial charge in [0.2, 0.25) is 0 Å². The van der Waals surface area contributed by atoms with Gasteiger partial charge in [0.05, 0.1) is 30.4 Å². The molecule has 0 spiro atoms. The van der Waals surface area contributed by atoms with Gasteiger partial charge in [0.15, 0.2) is 0 Å². The van der Waals surface area contributed by atoms with Crippen molar-refractivity contribution in [2.24, 2.45) is 0 Å². The van der Waals surface area contributed by atoms with E-state index < -0.39 is 29.7 Å². The third-order valence-electron chi connectivity index (χ3n) is 5.56. The molecule has 0 aliphatic carbocycles. The van der Waals surface area contributed by atoms with Gasteiger partial charge in [-0.3, -0.25) is 4.79 Å². The summed E-state index contributed by atoms with van der Waals surface area (Å²) >= 11 is 0. The summed E-state index contributed by atoms with van der Waals surface area (Å²) in [6.45, 7) is 4.41.